The van der Waals surface area contributed by atoms with Gasteiger partial charge in [-0.15, -0.1) is 0 Å². The van der Waals surface area contributed by atoms with E-state index >= 15 is 0 Å². The number of ether oxygens (including phenoxy) is 3. The quantitative estimate of drug-likeness (QED) is 0.838. The summed E-state index contributed by atoms with van der Waals surface area (Å²) in [4.78, 5) is 0. The van der Waals surface area contributed by atoms with Crippen LogP contribution in [0.15, 0.2) is 18.2 Å². The van der Waals surface area contributed by atoms with Gasteiger partial charge in [0.2, 0.25) is 0 Å². The minimum Gasteiger partial charge on any atom is -0.497 e. The molecule has 102 valence electrons. The van der Waals surface area contributed by atoms with E-state index in [2.05, 4.69) is 11.4 Å². The molecule has 2 rings (SSSR count). The summed E-state index contributed by atoms with van der Waals surface area (Å²) in [5, 5.41) is 12.4. The predicted molar refractivity (Wildman–Crippen MR) is 70.1 cm³/mol. The van der Waals surface area contributed by atoms with Crippen molar-refractivity contribution in [2.24, 2.45) is 5.41 Å². The summed E-state index contributed by atoms with van der Waals surface area (Å²) in [6.45, 7) is 2.29. The maximum Gasteiger partial charge on any atom is 0.127 e. The third kappa shape index (κ3) is 2.98. The van der Waals surface area contributed by atoms with Crippen LogP contribution in [0.5, 0.6) is 11.5 Å². The smallest absolute Gasteiger partial charge is 0.127 e. The summed E-state index contributed by atoms with van der Waals surface area (Å²) < 4.78 is 15.6. The summed E-state index contributed by atoms with van der Waals surface area (Å²) in [6, 6.07) is 8.01. The fraction of sp³-hybridized carbons (Fsp3) is 0.500. The third-order valence-corrected chi connectivity index (χ3v) is 3.27. The first-order valence-corrected chi connectivity index (χ1v) is 6.14. The lowest BCUT2D eigenvalue weighted by molar-refractivity contribution is -0.0755. The van der Waals surface area contributed by atoms with Gasteiger partial charge in [0.25, 0.3) is 0 Å². The number of methoxy groups -OCH3 is 2. The minimum absolute atomic E-state index is 0.361. The van der Waals surface area contributed by atoms with Crippen LogP contribution in [-0.2, 0) is 11.3 Å². The third-order valence-electron chi connectivity index (χ3n) is 3.27. The molecule has 1 aliphatic heterocycles. The predicted octanol–water partition coefficient (Wildman–Crippen LogP) is 1.33. The number of hydrogen-bond donors (Lipinski definition) is 1. The fourth-order valence-corrected chi connectivity index (χ4v) is 1.99. The summed E-state index contributed by atoms with van der Waals surface area (Å²) in [5.74, 6) is 1.55. The van der Waals surface area contributed by atoms with E-state index in [0.29, 0.717) is 26.3 Å². The van der Waals surface area contributed by atoms with E-state index in [4.69, 9.17) is 19.5 Å². The molecule has 0 atom stereocenters. The van der Waals surface area contributed by atoms with Crippen LogP contribution < -0.4 is 14.8 Å². The van der Waals surface area contributed by atoms with Crippen LogP contribution in [0, 0.1) is 16.7 Å². The highest BCUT2D eigenvalue weighted by Gasteiger charge is 2.38. The van der Waals surface area contributed by atoms with Crippen LogP contribution in [-0.4, -0.2) is 34.0 Å². The molecule has 0 radical (unpaired) electrons. The molecule has 0 unspecified atom stereocenters. The second-order valence-corrected chi connectivity index (χ2v) is 4.67. The molecule has 19 heavy (non-hydrogen) atoms. The Morgan fingerprint density at radius 1 is 1.37 bits per heavy atom. The Bertz CT molecular complexity index is 478. The Labute approximate surface area is 113 Å². The van der Waals surface area contributed by atoms with Crippen molar-refractivity contribution in [1.29, 1.82) is 5.26 Å². The largest absolute Gasteiger partial charge is 0.497 e. The molecule has 0 aromatic heterocycles. The zero-order valence-corrected chi connectivity index (χ0v) is 11.2. The van der Waals surface area contributed by atoms with Crippen LogP contribution in [0.3, 0.4) is 0 Å². The Hall–Kier alpha value is -1.77. The van der Waals surface area contributed by atoms with Gasteiger partial charge < -0.3 is 19.5 Å². The van der Waals surface area contributed by atoms with Gasteiger partial charge in [0, 0.05) is 24.7 Å². The average Bonchev–Trinajstić information content (AvgIpc) is 2.42. The lowest BCUT2D eigenvalue weighted by Gasteiger charge is -2.35. The van der Waals surface area contributed by atoms with E-state index < -0.39 is 0 Å². The van der Waals surface area contributed by atoms with Gasteiger partial charge >= 0.3 is 0 Å². The number of nitrogens with one attached hydrogen (secondary N) is 1. The van der Waals surface area contributed by atoms with Gasteiger partial charge in [-0.2, -0.15) is 5.26 Å². The first-order valence-electron chi connectivity index (χ1n) is 6.14. The highest BCUT2D eigenvalue weighted by Crippen LogP contribution is 2.27. The van der Waals surface area contributed by atoms with Gasteiger partial charge in [-0.3, -0.25) is 0 Å². The number of hydrogen-bond acceptors (Lipinski definition) is 5. The van der Waals surface area contributed by atoms with E-state index in [1.54, 1.807) is 14.2 Å². The van der Waals surface area contributed by atoms with Gasteiger partial charge in [-0.25, -0.2) is 0 Å². The van der Waals surface area contributed by atoms with E-state index in [1.807, 2.05) is 18.2 Å². The van der Waals surface area contributed by atoms with Crippen LogP contribution in [0.1, 0.15) is 5.56 Å². The van der Waals surface area contributed by atoms with Crippen molar-refractivity contribution in [3.63, 3.8) is 0 Å². The topological polar surface area (TPSA) is 63.5 Å². The maximum atomic E-state index is 9.09. The number of nitriles is 1. The molecule has 1 aromatic carbocycles. The Morgan fingerprint density at radius 2 is 2.16 bits per heavy atom. The van der Waals surface area contributed by atoms with E-state index in [-0.39, 0.29) is 5.41 Å². The van der Waals surface area contributed by atoms with E-state index in [9.17, 15) is 0 Å². The molecular weight excluding hydrogens is 244 g/mol. The van der Waals surface area contributed by atoms with Crippen LogP contribution in [0.25, 0.3) is 0 Å². The molecule has 0 bridgehead atoms. The van der Waals surface area contributed by atoms with Crippen molar-refractivity contribution in [2.75, 3.05) is 34.0 Å². The molecule has 5 heteroatoms. The molecule has 1 saturated heterocycles. The van der Waals surface area contributed by atoms with E-state index in [0.717, 1.165) is 17.1 Å². The van der Waals surface area contributed by atoms with Gasteiger partial charge in [-0.1, -0.05) is 6.07 Å². The van der Waals surface area contributed by atoms with Gasteiger partial charge in [0.1, 0.15) is 16.9 Å². The SMILES string of the molecule is COc1ccc(CNCC2(C#N)COC2)c(OC)c1. The van der Waals surface area contributed by atoms with Crippen molar-refractivity contribution in [3.05, 3.63) is 23.8 Å². The zero-order chi connectivity index (χ0) is 13.7. The molecule has 0 amide bonds. The molecule has 1 aliphatic rings. The Balaban J connectivity index is 1.94. The van der Waals surface area contributed by atoms with Crippen molar-refractivity contribution < 1.29 is 14.2 Å². The van der Waals surface area contributed by atoms with Crippen molar-refractivity contribution in [3.8, 4) is 17.6 Å². The monoisotopic (exact) mass is 262 g/mol. The zero-order valence-electron chi connectivity index (χ0n) is 11.2. The summed E-state index contributed by atoms with van der Waals surface area (Å²) in [5.41, 5.74) is 0.677. The molecule has 5 nitrogen and oxygen atoms in total. The van der Waals surface area contributed by atoms with Crippen LogP contribution in [0.4, 0.5) is 0 Å². The van der Waals surface area contributed by atoms with Crippen LogP contribution in [0.2, 0.25) is 0 Å². The maximum absolute atomic E-state index is 9.09. The second-order valence-electron chi connectivity index (χ2n) is 4.67. The Morgan fingerprint density at radius 3 is 2.68 bits per heavy atom. The molecule has 0 saturated carbocycles. The first-order chi connectivity index (χ1) is 9.23. The van der Waals surface area contributed by atoms with Crippen molar-refractivity contribution in [2.45, 2.75) is 6.54 Å². The van der Waals surface area contributed by atoms with Gasteiger partial charge in [0.15, 0.2) is 0 Å². The normalized spacial score (nSPS) is 16.3. The first kappa shape index (κ1) is 13.7. The summed E-state index contributed by atoms with van der Waals surface area (Å²) in [6.07, 6.45) is 0. The lowest BCUT2D eigenvalue weighted by Crippen LogP contribution is -2.48. The van der Waals surface area contributed by atoms with Crippen molar-refractivity contribution in [1.82, 2.24) is 5.32 Å². The molecule has 1 N–H and O–H groups in total. The van der Waals surface area contributed by atoms with E-state index in [1.165, 1.54) is 0 Å². The molecule has 0 spiro atoms. The minimum atomic E-state index is -0.361. The molecular formula is C14H18N2O3. The second kappa shape index (κ2) is 5.91. The average molecular weight is 262 g/mol. The lowest BCUT2D eigenvalue weighted by atomic mass is 9.88. The van der Waals surface area contributed by atoms with Crippen LogP contribution >= 0.6 is 0 Å². The Kier molecular flexibility index (Phi) is 4.25. The fourth-order valence-electron chi connectivity index (χ4n) is 1.99. The molecule has 1 fully saturated rings. The number of benzene rings is 1. The van der Waals surface area contributed by atoms with Gasteiger partial charge in [-0.05, 0) is 6.07 Å². The molecule has 0 aliphatic carbocycles. The standard InChI is InChI=1S/C14H18N2O3/c1-17-12-4-3-11(13(5-12)18-2)6-16-8-14(7-15)9-19-10-14/h3-5,16H,6,8-10H2,1-2H3. The van der Waals surface area contributed by atoms with Gasteiger partial charge in [0.05, 0.1) is 33.5 Å². The van der Waals surface area contributed by atoms with Crippen molar-refractivity contribution >= 4 is 0 Å². The summed E-state index contributed by atoms with van der Waals surface area (Å²) in [7, 11) is 3.26. The highest BCUT2D eigenvalue weighted by atomic mass is 16.5. The molecule has 1 heterocycles. The highest BCUT2D eigenvalue weighted by molar-refractivity contribution is 5.40. The summed E-state index contributed by atoms with van der Waals surface area (Å²) >= 11 is 0. The number of rotatable bonds is 6. The molecule has 1 aromatic rings. The number of nitrogens with zero attached hydrogens (tertiary/aromatic N) is 1.